The van der Waals surface area contributed by atoms with Gasteiger partial charge in [-0.15, -0.1) is 0 Å². The third-order valence-electron chi connectivity index (χ3n) is 4.76. The number of amides is 4. The Bertz CT molecular complexity index is 952. The van der Waals surface area contributed by atoms with Crippen molar-refractivity contribution in [3.63, 3.8) is 0 Å². The molecular weight excluding hydrogens is 457 g/mol. The smallest absolute Gasteiger partial charge is 0.324 e. The molecule has 0 aromatic heterocycles. The van der Waals surface area contributed by atoms with Gasteiger partial charge in [-0.05, 0) is 48.7 Å². The second kappa shape index (κ2) is 9.71. The Balaban J connectivity index is 1.49. The lowest BCUT2D eigenvalue weighted by molar-refractivity contribution is -0.127. The maximum Gasteiger partial charge on any atom is 0.324 e. The number of hydrogen-bond acceptors (Lipinski definition) is 4. The van der Waals surface area contributed by atoms with Crippen LogP contribution in [-0.4, -0.2) is 42.4 Å². The summed E-state index contributed by atoms with van der Waals surface area (Å²) in [5.41, 5.74) is 1.03. The van der Waals surface area contributed by atoms with E-state index in [1.165, 1.54) is 12.1 Å². The van der Waals surface area contributed by atoms with Crippen LogP contribution in [0.4, 0.5) is 14.9 Å². The standard InChI is InChI=1S/C21H21BrFN3O4/c1-30-15-5-2-13(3-6-15)10-11-26-20(28)18(25-21(26)29)8-9-19(27)24-17-7-4-14(22)12-16(17)23/h2-7,12,18H,8-11H2,1H3,(H,24,27)(H,25,29)/t18-/m0/s1. The maximum atomic E-state index is 13.8. The van der Waals surface area contributed by atoms with Gasteiger partial charge >= 0.3 is 6.03 Å². The van der Waals surface area contributed by atoms with Crippen LogP contribution in [0.25, 0.3) is 0 Å². The third kappa shape index (κ3) is 5.35. The lowest BCUT2D eigenvalue weighted by Crippen LogP contribution is -2.33. The topological polar surface area (TPSA) is 87.7 Å². The third-order valence-corrected chi connectivity index (χ3v) is 5.25. The molecule has 1 aliphatic rings. The van der Waals surface area contributed by atoms with Crippen LogP contribution in [-0.2, 0) is 16.0 Å². The van der Waals surface area contributed by atoms with E-state index in [0.29, 0.717) is 10.9 Å². The fraction of sp³-hybridized carbons (Fsp3) is 0.286. The summed E-state index contributed by atoms with van der Waals surface area (Å²) >= 11 is 3.15. The Labute approximate surface area is 181 Å². The molecule has 1 saturated heterocycles. The van der Waals surface area contributed by atoms with Gasteiger partial charge in [-0.3, -0.25) is 14.5 Å². The van der Waals surface area contributed by atoms with Gasteiger partial charge in [0, 0.05) is 17.4 Å². The minimum Gasteiger partial charge on any atom is -0.497 e. The van der Waals surface area contributed by atoms with Crippen molar-refractivity contribution in [3.05, 3.63) is 58.3 Å². The number of imide groups is 1. The Hall–Kier alpha value is -2.94. The predicted molar refractivity (Wildman–Crippen MR) is 113 cm³/mol. The molecule has 9 heteroatoms. The van der Waals surface area contributed by atoms with Crippen molar-refractivity contribution < 1.29 is 23.5 Å². The molecule has 2 aromatic carbocycles. The molecule has 0 spiro atoms. The van der Waals surface area contributed by atoms with Gasteiger partial charge in [-0.25, -0.2) is 9.18 Å². The molecule has 3 rings (SSSR count). The first-order valence-corrected chi connectivity index (χ1v) is 10.2. The van der Waals surface area contributed by atoms with Crippen molar-refractivity contribution in [3.8, 4) is 5.75 Å². The van der Waals surface area contributed by atoms with E-state index in [9.17, 15) is 18.8 Å². The monoisotopic (exact) mass is 477 g/mol. The van der Waals surface area contributed by atoms with Gasteiger partial charge in [-0.1, -0.05) is 28.1 Å². The SMILES string of the molecule is COc1ccc(CCN2C(=O)N[C@@H](CCC(=O)Nc3ccc(Br)cc3F)C2=O)cc1. The first kappa shape index (κ1) is 21.8. The van der Waals surface area contributed by atoms with Gasteiger partial charge in [0.1, 0.15) is 17.6 Å². The Morgan fingerprint density at radius 3 is 2.63 bits per heavy atom. The van der Waals surface area contributed by atoms with Crippen molar-refractivity contribution in [2.45, 2.75) is 25.3 Å². The van der Waals surface area contributed by atoms with Crippen LogP contribution in [0.3, 0.4) is 0 Å². The first-order valence-electron chi connectivity index (χ1n) is 9.37. The van der Waals surface area contributed by atoms with Gasteiger partial charge in [0.15, 0.2) is 0 Å². The number of anilines is 1. The van der Waals surface area contributed by atoms with Crippen molar-refractivity contribution >= 4 is 39.5 Å². The molecule has 0 bridgehead atoms. The summed E-state index contributed by atoms with van der Waals surface area (Å²) in [7, 11) is 1.58. The van der Waals surface area contributed by atoms with E-state index in [4.69, 9.17) is 4.74 Å². The van der Waals surface area contributed by atoms with Crippen LogP contribution >= 0.6 is 15.9 Å². The molecule has 158 valence electrons. The number of urea groups is 1. The first-order chi connectivity index (χ1) is 14.4. The number of nitrogens with zero attached hydrogens (tertiary/aromatic N) is 1. The van der Waals surface area contributed by atoms with E-state index in [-0.39, 0.29) is 31.0 Å². The highest BCUT2D eigenvalue weighted by Gasteiger charge is 2.37. The summed E-state index contributed by atoms with van der Waals surface area (Å²) in [6.07, 6.45) is 0.616. The molecule has 0 aliphatic carbocycles. The molecule has 4 amide bonds. The average molecular weight is 478 g/mol. The molecular formula is C21H21BrFN3O4. The Morgan fingerprint density at radius 1 is 1.23 bits per heavy atom. The van der Waals surface area contributed by atoms with Crippen LogP contribution in [0, 0.1) is 5.82 Å². The number of carbonyl (C=O) groups excluding carboxylic acids is 3. The van der Waals surface area contributed by atoms with Gasteiger partial charge in [-0.2, -0.15) is 0 Å². The fourth-order valence-electron chi connectivity index (χ4n) is 3.10. The highest BCUT2D eigenvalue weighted by Crippen LogP contribution is 2.20. The zero-order valence-electron chi connectivity index (χ0n) is 16.3. The van der Waals surface area contributed by atoms with Gasteiger partial charge in [0.05, 0.1) is 12.8 Å². The molecule has 1 aliphatic heterocycles. The minimum absolute atomic E-state index is 0.0293. The summed E-state index contributed by atoms with van der Waals surface area (Å²) in [5.74, 6) is -0.631. The minimum atomic E-state index is -0.770. The van der Waals surface area contributed by atoms with Crippen molar-refractivity contribution in [2.75, 3.05) is 19.0 Å². The molecule has 2 N–H and O–H groups in total. The molecule has 7 nitrogen and oxygen atoms in total. The summed E-state index contributed by atoms with van der Waals surface area (Å²) in [6.45, 7) is 0.240. The van der Waals surface area contributed by atoms with Gasteiger partial charge in [0.25, 0.3) is 5.91 Å². The van der Waals surface area contributed by atoms with Crippen LogP contribution in [0.1, 0.15) is 18.4 Å². The van der Waals surface area contributed by atoms with E-state index in [1.807, 2.05) is 24.3 Å². The number of benzene rings is 2. The molecule has 2 aromatic rings. The number of halogens is 2. The molecule has 0 saturated carbocycles. The van der Waals surface area contributed by atoms with Crippen molar-refractivity contribution in [2.24, 2.45) is 0 Å². The molecule has 0 unspecified atom stereocenters. The van der Waals surface area contributed by atoms with E-state index >= 15 is 0 Å². The van der Waals surface area contributed by atoms with Gasteiger partial charge in [0.2, 0.25) is 5.91 Å². The molecule has 1 heterocycles. The Morgan fingerprint density at radius 2 is 1.97 bits per heavy atom. The fourth-order valence-corrected chi connectivity index (χ4v) is 3.43. The quantitative estimate of drug-likeness (QED) is 0.569. The zero-order chi connectivity index (χ0) is 21.7. The average Bonchev–Trinajstić information content (AvgIpc) is 3.00. The second-order valence-electron chi connectivity index (χ2n) is 6.80. The summed E-state index contributed by atoms with van der Waals surface area (Å²) in [4.78, 5) is 37.9. The van der Waals surface area contributed by atoms with Crippen LogP contribution in [0.15, 0.2) is 46.9 Å². The van der Waals surface area contributed by atoms with Crippen molar-refractivity contribution in [1.29, 1.82) is 0 Å². The largest absolute Gasteiger partial charge is 0.497 e. The number of rotatable bonds is 8. The number of ether oxygens (including phenoxy) is 1. The summed E-state index contributed by atoms with van der Waals surface area (Å²) in [5, 5.41) is 5.08. The lowest BCUT2D eigenvalue weighted by Gasteiger charge is -2.13. The van der Waals surface area contributed by atoms with Gasteiger partial charge < -0.3 is 15.4 Å². The number of hydrogen-bond donors (Lipinski definition) is 2. The highest BCUT2D eigenvalue weighted by molar-refractivity contribution is 9.10. The Kier molecular flexibility index (Phi) is 7.04. The number of methoxy groups -OCH3 is 1. The van der Waals surface area contributed by atoms with E-state index < -0.39 is 23.8 Å². The van der Waals surface area contributed by atoms with E-state index in [0.717, 1.165) is 16.2 Å². The molecule has 1 atom stereocenters. The summed E-state index contributed by atoms with van der Waals surface area (Å²) < 4.78 is 19.5. The molecule has 1 fully saturated rings. The summed E-state index contributed by atoms with van der Waals surface area (Å²) in [6, 6.07) is 10.4. The molecule has 30 heavy (non-hydrogen) atoms. The van der Waals surface area contributed by atoms with Crippen LogP contribution in [0.5, 0.6) is 5.75 Å². The van der Waals surface area contributed by atoms with E-state index in [1.54, 1.807) is 13.2 Å². The van der Waals surface area contributed by atoms with Crippen LogP contribution in [0.2, 0.25) is 0 Å². The number of carbonyl (C=O) groups is 3. The maximum absolute atomic E-state index is 13.8. The van der Waals surface area contributed by atoms with Crippen molar-refractivity contribution in [1.82, 2.24) is 10.2 Å². The van der Waals surface area contributed by atoms with E-state index in [2.05, 4.69) is 26.6 Å². The second-order valence-corrected chi connectivity index (χ2v) is 7.72. The predicted octanol–water partition coefficient (Wildman–Crippen LogP) is 3.48. The number of nitrogens with one attached hydrogen (secondary N) is 2. The lowest BCUT2D eigenvalue weighted by atomic mass is 10.1. The normalized spacial score (nSPS) is 15.8. The highest BCUT2D eigenvalue weighted by atomic mass is 79.9. The zero-order valence-corrected chi connectivity index (χ0v) is 17.9. The van der Waals surface area contributed by atoms with Crippen LogP contribution < -0.4 is 15.4 Å². The molecule has 0 radical (unpaired) electrons.